The molecule has 17 heavy (non-hydrogen) atoms. The predicted molar refractivity (Wildman–Crippen MR) is 69.4 cm³/mol. The second-order valence-electron chi connectivity index (χ2n) is 4.27. The zero-order valence-electron chi connectivity index (χ0n) is 11.1. The average Bonchev–Trinajstić information content (AvgIpc) is 2.28. The molecule has 0 aliphatic rings. The van der Waals surface area contributed by atoms with Crippen LogP contribution in [0.5, 0.6) is 5.88 Å². The highest BCUT2D eigenvalue weighted by molar-refractivity contribution is 5.40. The number of anilines is 1. The van der Waals surface area contributed by atoms with E-state index >= 15 is 0 Å². The van der Waals surface area contributed by atoms with Gasteiger partial charge in [-0.2, -0.15) is 4.98 Å². The lowest BCUT2D eigenvalue weighted by molar-refractivity contribution is 0.325. The van der Waals surface area contributed by atoms with E-state index in [-0.39, 0.29) is 0 Å². The third-order valence-corrected chi connectivity index (χ3v) is 2.47. The highest BCUT2D eigenvalue weighted by Gasteiger charge is 2.09. The van der Waals surface area contributed by atoms with Gasteiger partial charge in [-0.05, 0) is 26.3 Å². The fraction of sp³-hybridized carbons (Fsp3) is 0.667. The van der Waals surface area contributed by atoms with Crippen molar-refractivity contribution in [1.29, 1.82) is 0 Å². The first-order chi connectivity index (χ1) is 8.06. The Labute approximate surface area is 103 Å². The molecule has 1 unspecified atom stereocenters. The van der Waals surface area contributed by atoms with Crippen molar-refractivity contribution in [3.63, 3.8) is 0 Å². The number of ether oxygens (including phenoxy) is 1. The third-order valence-electron chi connectivity index (χ3n) is 2.47. The Kier molecular flexibility index (Phi) is 5.15. The monoisotopic (exact) mass is 238 g/mol. The minimum Gasteiger partial charge on any atom is -0.478 e. The first-order valence-corrected chi connectivity index (χ1v) is 5.96. The van der Waals surface area contributed by atoms with Gasteiger partial charge in [0, 0.05) is 19.7 Å². The van der Waals surface area contributed by atoms with Crippen LogP contribution in [-0.4, -0.2) is 36.7 Å². The summed E-state index contributed by atoms with van der Waals surface area (Å²) in [6.45, 7) is 8.08. The summed E-state index contributed by atoms with van der Waals surface area (Å²) >= 11 is 0. The fourth-order valence-electron chi connectivity index (χ4n) is 1.58. The van der Waals surface area contributed by atoms with Crippen molar-refractivity contribution in [2.45, 2.75) is 20.8 Å². The number of hydrogen-bond donors (Lipinski definition) is 1. The zero-order chi connectivity index (χ0) is 12.8. The molecule has 0 bridgehead atoms. The van der Waals surface area contributed by atoms with E-state index in [0.29, 0.717) is 24.9 Å². The lowest BCUT2D eigenvalue weighted by atomic mass is 10.2. The van der Waals surface area contributed by atoms with Crippen molar-refractivity contribution in [3.8, 4) is 5.88 Å². The van der Waals surface area contributed by atoms with Crippen LogP contribution < -0.4 is 15.4 Å². The summed E-state index contributed by atoms with van der Waals surface area (Å²) in [4.78, 5) is 10.7. The topological polar surface area (TPSA) is 64.3 Å². The van der Waals surface area contributed by atoms with E-state index in [0.717, 1.165) is 18.2 Å². The normalized spacial score (nSPS) is 12.3. The summed E-state index contributed by atoms with van der Waals surface area (Å²) in [7, 11) is 2.00. The van der Waals surface area contributed by atoms with E-state index in [4.69, 9.17) is 10.5 Å². The molecule has 0 amide bonds. The molecule has 5 heteroatoms. The Hall–Kier alpha value is -1.36. The number of nitrogens with zero attached hydrogens (tertiary/aromatic N) is 3. The van der Waals surface area contributed by atoms with Crippen molar-refractivity contribution in [2.75, 3.05) is 31.6 Å². The summed E-state index contributed by atoms with van der Waals surface area (Å²) in [6.07, 6.45) is 0. The Bertz CT molecular complexity index is 356. The maximum absolute atomic E-state index is 5.62. The van der Waals surface area contributed by atoms with Crippen molar-refractivity contribution in [3.05, 3.63) is 11.9 Å². The predicted octanol–water partition coefficient (Wildman–Crippen LogP) is 1.21. The molecule has 96 valence electrons. The maximum Gasteiger partial charge on any atom is 0.218 e. The lowest BCUT2D eigenvalue weighted by Gasteiger charge is -2.22. The van der Waals surface area contributed by atoms with Gasteiger partial charge < -0.3 is 15.4 Å². The largest absolute Gasteiger partial charge is 0.478 e. The van der Waals surface area contributed by atoms with Crippen LogP contribution in [0.25, 0.3) is 0 Å². The second kappa shape index (κ2) is 6.39. The van der Waals surface area contributed by atoms with Gasteiger partial charge in [0.25, 0.3) is 0 Å². The molecule has 1 rings (SSSR count). The number of aromatic nitrogens is 2. The Morgan fingerprint density at radius 3 is 2.76 bits per heavy atom. The average molecular weight is 238 g/mol. The van der Waals surface area contributed by atoms with E-state index in [1.807, 2.05) is 27.0 Å². The standard InChI is InChI=1S/C12H22N4O/c1-5-17-12-6-11(14-10(3)15-12)16(4)8-9(2)7-13/h6,9H,5,7-8,13H2,1-4H3. The number of nitrogens with two attached hydrogens (primary N) is 1. The molecule has 2 N–H and O–H groups in total. The Morgan fingerprint density at radius 1 is 1.47 bits per heavy atom. The lowest BCUT2D eigenvalue weighted by Crippen LogP contribution is -2.29. The zero-order valence-corrected chi connectivity index (χ0v) is 11.1. The van der Waals surface area contributed by atoms with Gasteiger partial charge >= 0.3 is 0 Å². The Balaban J connectivity index is 2.81. The van der Waals surface area contributed by atoms with E-state index in [9.17, 15) is 0 Å². The van der Waals surface area contributed by atoms with Crippen LogP contribution in [0.15, 0.2) is 6.07 Å². The van der Waals surface area contributed by atoms with Gasteiger partial charge in [0.1, 0.15) is 11.6 Å². The maximum atomic E-state index is 5.62. The van der Waals surface area contributed by atoms with E-state index in [1.165, 1.54) is 0 Å². The van der Waals surface area contributed by atoms with Gasteiger partial charge in [0.15, 0.2) is 0 Å². The van der Waals surface area contributed by atoms with Crippen LogP contribution in [-0.2, 0) is 0 Å². The minimum atomic E-state index is 0.436. The van der Waals surface area contributed by atoms with Gasteiger partial charge in [-0.15, -0.1) is 0 Å². The molecule has 1 aromatic heterocycles. The van der Waals surface area contributed by atoms with Crippen molar-refractivity contribution >= 4 is 5.82 Å². The Morgan fingerprint density at radius 2 is 2.18 bits per heavy atom. The van der Waals surface area contributed by atoms with Crippen molar-refractivity contribution in [2.24, 2.45) is 11.7 Å². The van der Waals surface area contributed by atoms with Crippen molar-refractivity contribution in [1.82, 2.24) is 9.97 Å². The molecule has 0 aliphatic heterocycles. The molecule has 0 saturated carbocycles. The van der Waals surface area contributed by atoms with E-state index in [2.05, 4.69) is 21.8 Å². The van der Waals surface area contributed by atoms with Crippen LogP contribution >= 0.6 is 0 Å². The molecular weight excluding hydrogens is 216 g/mol. The molecule has 0 aromatic carbocycles. The van der Waals surface area contributed by atoms with Gasteiger partial charge in [0.2, 0.25) is 5.88 Å². The van der Waals surface area contributed by atoms with Crippen LogP contribution in [0.2, 0.25) is 0 Å². The minimum absolute atomic E-state index is 0.436. The fourth-order valence-corrected chi connectivity index (χ4v) is 1.58. The number of hydrogen-bond acceptors (Lipinski definition) is 5. The summed E-state index contributed by atoms with van der Waals surface area (Å²) < 4.78 is 5.41. The van der Waals surface area contributed by atoms with Crippen LogP contribution in [0, 0.1) is 12.8 Å². The molecule has 1 atom stereocenters. The summed E-state index contributed by atoms with van der Waals surface area (Å²) in [5, 5.41) is 0. The van der Waals surface area contributed by atoms with Crippen molar-refractivity contribution < 1.29 is 4.74 Å². The molecular formula is C12H22N4O. The van der Waals surface area contributed by atoms with Crippen LogP contribution in [0.3, 0.4) is 0 Å². The number of rotatable bonds is 6. The molecule has 1 heterocycles. The number of aryl methyl sites for hydroxylation is 1. The van der Waals surface area contributed by atoms with Crippen LogP contribution in [0.1, 0.15) is 19.7 Å². The van der Waals surface area contributed by atoms with Gasteiger partial charge in [-0.1, -0.05) is 6.92 Å². The van der Waals surface area contributed by atoms with Gasteiger partial charge in [0.05, 0.1) is 6.61 Å². The van der Waals surface area contributed by atoms with E-state index < -0.39 is 0 Å². The molecule has 0 spiro atoms. The second-order valence-corrected chi connectivity index (χ2v) is 4.27. The molecule has 1 aromatic rings. The summed E-state index contributed by atoms with van der Waals surface area (Å²) in [6, 6.07) is 1.86. The first-order valence-electron chi connectivity index (χ1n) is 5.96. The third kappa shape index (κ3) is 4.19. The van der Waals surface area contributed by atoms with Gasteiger partial charge in [-0.25, -0.2) is 4.98 Å². The highest BCUT2D eigenvalue weighted by atomic mass is 16.5. The summed E-state index contributed by atoms with van der Waals surface area (Å²) in [5.41, 5.74) is 5.62. The van der Waals surface area contributed by atoms with Crippen LogP contribution in [0.4, 0.5) is 5.82 Å². The highest BCUT2D eigenvalue weighted by Crippen LogP contribution is 2.17. The summed E-state index contributed by atoms with van der Waals surface area (Å²) in [5.74, 6) is 2.66. The molecule has 0 saturated heterocycles. The first kappa shape index (κ1) is 13.7. The van der Waals surface area contributed by atoms with Gasteiger partial charge in [-0.3, -0.25) is 0 Å². The smallest absolute Gasteiger partial charge is 0.218 e. The molecule has 0 radical (unpaired) electrons. The molecule has 5 nitrogen and oxygen atoms in total. The quantitative estimate of drug-likeness (QED) is 0.807. The SMILES string of the molecule is CCOc1cc(N(C)CC(C)CN)nc(C)n1. The molecule has 0 fully saturated rings. The van der Waals surface area contributed by atoms with E-state index in [1.54, 1.807) is 0 Å². The molecule has 0 aliphatic carbocycles.